The molecule has 2 atom stereocenters. The third-order valence-electron chi connectivity index (χ3n) is 4.93. The Kier molecular flexibility index (Phi) is 9.36. The molecular formula is C22H29F3N2O3. The molecule has 1 unspecified atom stereocenters. The van der Waals surface area contributed by atoms with Crippen LogP contribution in [0.25, 0.3) is 0 Å². The summed E-state index contributed by atoms with van der Waals surface area (Å²) in [5.41, 5.74) is 1.92. The van der Waals surface area contributed by atoms with Crippen LogP contribution in [0.5, 0.6) is 0 Å². The molecule has 0 saturated carbocycles. The van der Waals surface area contributed by atoms with Crippen molar-refractivity contribution in [2.75, 3.05) is 13.2 Å². The Morgan fingerprint density at radius 1 is 1.17 bits per heavy atom. The lowest BCUT2D eigenvalue weighted by molar-refractivity contribution is -0.174. The molecule has 166 valence electrons. The van der Waals surface area contributed by atoms with Gasteiger partial charge in [0.05, 0.1) is 12.7 Å². The van der Waals surface area contributed by atoms with E-state index in [1.807, 2.05) is 0 Å². The summed E-state index contributed by atoms with van der Waals surface area (Å²) in [7, 11) is 0. The number of ether oxygens (including phenoxy) is 1. The van der Waals surface area contributed by atoms with Gasteiger partial charge in [-0.3, -0.25) is 9.59 Å². The molecule has 0 aromatic heterocycles. The third-order valence-corrected chi connectivity index (χ3v) is 4.93. The number of carbonyl (C=O) groups excluding carboxylic acids is 2. The van der Waals surface area contributed by atoms with Crippen LogP contribution >= 0.6 is 0 Å². The summed E-state index contributed by atoms with van der Waals surface area (Å²) in [6.45, 7) is 2.46. The highest BCUT2D eigenvalue weighted by Gasteiger charge is 2.40. The molecule has 30 heavy (non-hydrogen) atoms. The predicted octanol–water partition coefficient (Wildman–Crippen LogP) is 3.69. The number of hydrogen-bond acceptors (Lipinski definition) is 3. The second-order valence-corrected chi connectivity index (χ2v) is 7.53. The van der Waals surface area contributed by atoms with Gasteiger partial charge in [-0.2, -0.15) is 13.2 Å². The molecule has 1 aromatic rings. The SMILES string of the molecule is C/C1=C/C(OCCNC(=O)[C@H](Cc2ccccc2)NC(=O)C(F)(F)F)CCCCC1. The highest BCUT2D eigenvalue weighted by atomic mass is 19.4. The van der Waals surface area contributed by atoms with Crippen LogP contribution in [0.15, 0.2) is 42.0 Å². The fourth-order valence-corrected chi connectivity index (χ4v) is 3.35. The normalized spacial score (nSPS) is 20.3. The lowest BCUT2D eigenvalue weighted by atomic mass is 9.99. The molecule has 0 bridgehead atoms. The van der Waals surface area contributed by atoms with E-state index < -0.39 is 24.0 Å². The Hall–Kier alpha value is -2.35. The smallest absolute Gasteiger partial charge is 0.372 e. The van der Waals surface area contributed by atoms with Crippen molar-refractivity contribution in [1.82, 2.24) is 10.6 Å². The summed E-state index contributed by atoms with van der Waals surface area (Å²) < 4.78 is 43.8. The molecule has 0 fully saturated rings. The van der Waals surface area contributed by atoms with E-state index in [0.29, 0.717) is 5.56 Å². The van der Waals surface area contributed by atoms with E-state index in [-0.39, 0.29) is 25.7 Å². The lowest BCUT2D eigenvalue weighted by Crippen LogP contribution is -2.52. The number of nitrogens with one attached hydrogen (secondary N) is 2. The number of carbonyl (C=O) groups is 2. The van der Waals surface area contributed by atoms with Gasteiger partial charge in [-0.15, -0.1) is 0 Å². The van der Waals surface area contributed by atoms with Crippen molar-refractivity contribution in [2.24, 2.45) is 0 Å². The van der Waals surface area contributed by atoms with Gasteiger partial charge in [-0.1, -0.05) is 54.8 Å². The van der Waals surface area contributed by atoms with Gasteiger partial charge in [0.2, 0.25) is 5.91 Å². The number of rotatable bonds is 8. The Bertz CT molecular complexity index is 720. The van der Waals surface area contributed by atoms with Crippen molar-refractivity contribution >= 4 is 11.8 Å². The summed E-state index contributed by atoms with van der Waals surface area (Å²) in [6, 6.07) is 7.24. The van der Waals surface area contributed by atoms with E-state index in [2.05, 4.69) is 18.3 Å². The zero-order chi connectivity index (χ0) is 22.0. The molecule has 5 nitrogen and oxygen atoms in total. The molecular weight excluding hydrogens is 397 g/mol. The monoisotopic (exact) mass is 426 g/mol. The van der Waals surface area contributed by atoms with Crippen molar-refractivity contribution in [3.8, 4) is 0 Å². The minimum absolute atomic E-state index is 0.0211. The summed E-state index contributed by atoms with van der Waals surface area (Å²) in [6.07, 6.45) is 2.35. The molecule has 1 aliphatic rings. The van der Waals surface area contributed by atoms with Crippen LogP contribution in [0, 0.1) is 0 Å². The standard InChI is InChI=1S/C22H29F3N2O3/c1-16-8-4-2-7-11-18(14-16)30-13-12-26-20(28)19(27-21(29)22(23,24)25)15-17-9-5-3-6-10-17/h3,5-6,9-10,14,18-19H,2,4,7-8,11-13,15H2,1H3,(H,26,28)(H,27,29)/b16-14-/t18?,19-/m0/s1. The van der Waals surface area contributed by atoms with E-state index in [0.717, 1.165) is 25.7 Å². The summed E-state index contributed by atoms with van der Waals surface area (Å²) >= 11 is 0. The second-order valence-electron chi connectivity index (χ2n) is 7.53. The van der Waals surface area contributed by atoms with E-state index >= 15 is 0 Å². The average molecular weight is 426 g/mol. The van der Waals surface area contributed by atoms with Gasteiger partial charge in [0.15, 0.2) is 0 Å². The van der Waals surface area contributed by atoms with Crippen molar-refractivity contribution in [2.45, 2.75) is 63.8 Å². The number of allylic oxidation sites excluding steroid dienone is 1. The molecule has 1 aromatic carbocycles. The van der Waals surface area contributed by atoms with Gasteiger partial charge in [0.25, 0.3) is 0 Å². The molecule has 1 aliphatic carbocycles. The number of benzene rings is 1. The van der Waals surface area contributed by atoms with Crippen LogP contribution in [-0.4, -0.2) is 43.3 Å². The van der Waals surface area contributed by atoms with Crippen molar-refractivity contribution in [3.05, 3.63) is 47.5 Å². The predicted molar refractivity (Wildman–Crippen MR) is 108 cm³/mol. The largest absolute Gasteiger partial charge is 0.471 e. The van der Waals surface area contributed by atoms with Crippen LogP contribution < -0.4 is 10.6 Å². The van der Waals surface area contributed by atoms with Gasteiger partial charge >= 0.3 is 12.1 Å². The van der Waals surface area contributed by atoms with Gasteiger partial charge in [0.1, 0.15) is 6.04 Å². The second kappa shape index (κ2) is 11.7. The first-order chi connectivity index (χ1) is 14.3. The summed E-state index contributed by atoms with van der Waals surface area (Å²) in [5, 5.41) is 4.36. The van der Waals surface area contributed by atoms with E-state index in [1.165, 1.54) is 12.0 Å². The van der Waals surface area contributed by atoms with Crippen LogP contribution in [-0.2, 0) is 20.7 Å². The summed E-state index contributed by atoms with van der Waals surface area (Å²) in [4.78, 5) is 23.8. The van der Waals surface area contributed by atoms with Gasteiger partial charge in [0, 0.05) is 13.0 Å². The molecule has 8 heteroatoms. The number of halogens is 3. The number of amides is 2. The zero-order valence-corrected chi connectivity index (χ0v) is 17.1. The van der Waals surface area contributed by atoms with Crippen molar-refractivity contribution in [1.29, 1.82) is 0 Å². The maximum absolute atomic E-state index is 12.6. The topological polar surface area (TPSA) is 67.4 Å². The quantitative estimate of drug-likeness (QED) is 0.492. The third kappa shape index (κ3) is 8.57. The highest BCUT2D eigenvalue weighted by Crippen LogP contribution is 2.19. The van der Waals surface area contributed by atoms with Gasteiger partial charge in [-0.25, -0.2) is 0 Å². The van der Waals surface area contributed by atoms with Crippen molar-refractivity contribution in [3.63, 3.8) is 0 Å². The van der Waals surface area contributed by atoms with Crippen LogP contribution in [0.1, 0.15) is 44.6 Å². The van der Waals surface area contributed by atoms with Crippen LogP contribution in [0.2, 0.25) is 0 Å². The molecule has 0 aliphatic heterocycles. The first-order valence-electron chi connectivity index (χ1n) is 10.2. The maximum atomic E-state index is 12.6. The summed E-state index contributed by atoms with van der Waals surface area (Å²) in [5.74, 6) is -2.81. The minimum Gasteiger partial charge on any atom is -0.372 e. The minimum atomic E-state index is -5.05. The molecule has 0 heterocycles. The number of alkyl halides is 3. The van der Waals surface area contributed by atoms with Gasteiger partial charge < -0.3 is 15.4 Å². The molecule has 2 N–H and O–H groups in total. The average Bonchev–Trinajstić information content (AvgIpc) is 2.68. The molecule has 2 rings (SSSR count). The highest BCUT2D eigenvalue weighted by molar-refractivity contribution is 5.90. The molecule has 2 amide bonds. The van der Waals surface area contributed by atoms with Crippen LogP contribution in [0.4, 0.5) is 13.2 Å². The van der Waals surface area contributed by atoms with Crippen molar-refractivity contribution < 1.29 is 27.5 Å². The van der Waals surface area contributed by atoms with Gasteiger partial charge in [-0.05, 0) is 31.7 Å². The molecule has 0 radical (unpaired) electrons. The maximum Gasteiger partial charge on any atom is 0.471 e. The first-order valence-corrected chi connectivity index (χ1v) is 10.2. The molecule has 0 spiro atoms. The molecule has 0 saturated heterocycles. The fraction of sp³-hybridized carbons (Fsp3) is 0.545. The lowest BCUT2D eigenvalue weighted by Gasteiger charge is -2.21. The number of hydrogen-bond donors (Lipinski definition) is 2. The Balaban J connectivity index is 1.88. The van der Waals surface area contributed by atoms with E-state index in [4.69, 9.17) is 4.74 Å². The van der Waals surface area contributed by atoms with E-state index in [9.17, 15) is 22.8 Å². The Morgan fingerprint density at radius 2 is 1.90 bits per heavy atom. The van der Waals surface area contributed by atoms with E-state index in [1.54, 1.807) is 35.6 Å². The Labute approximate surface area is 175 Å². The zero-order valence-electron chi connectivity index (χ0n) is 17.1. The fourth-order valence-electron chi connectivity index (χ4n) is 3.35. The first kappa shape index (κ1) is 23.9. The van der Waals surface area contributed by atoms with Crippen LogP contribution in [0.3, 0.4) is 0 Å². The Morgan fingerprint density at radius 3 is 2.60 bits per heavy atom.